The molecule has 1 aromatic heterocycles. The molecule has 0 spiro atoms. The van der Waals surface area contributed by atoms with Crippen molar-refractivity contribution in [3.63, 3.8) is 0 Å². The van der Waals surface area contributed by atoms with Crippen molar-refractivity contribution >= 4 is 17.4 Å². The Labute approximate surface area is 136 Å². The smallest absolute Gasteiger partial charge is 0.276 e. The van der Waals surface area contributed by atoms with E-state index in [2.05, 4.69) is 20.4 Å². The van der Waals surface area contributed by atoms with Gasteiger partial charge in [-0.25, -0.2) is 0 Å². The van der Waals surface area contributed by atoms with Crippen LogP contribution in [0.5, 0.6) is 0 Å². The van der Waals surface area contributed by atoms with Gasteiger partial charge in [0.25, 0.3) is 5.91 Å². The van der Waals surface area contributed by atoms with Crippen LogP contribution in [0.3, 0.4) is 0 Å². The van der Waals surface area contributed by atoms with Crippen LogP contribution in [-0.2, 0) is 0 Å². The van der Waals surface area contributed by atoms with Gasteiger partial charge in [0.2, 0.25) is 0 Å². The van der Waals surface area contributed by atoms with Crippen LogP contribution < -0.4 is 10.2 Å². The summed E-state index contributed by atoms with van der Waals surface area (Å²) in [6.45, 7) is 6.04. The quantitative estimate of drug-likeness (QED) is 0.944. The Kier molecular flexibility index (Phi) is 4.55. The van der Waals surface area contributed by atoms with Gasteiger partial charge in [-0.3, -0.25) is 4.79 Å². The van der Waals surface area contributed by atoms with Crippen molar-refractivity contribution < 1.29 is 4.79 Å². The number of nitrogens with zero attached hydrogens (tertiary/aromatic N) is 3. The summed E-state index contributed by atoms with van der Waals surface area (Å²) in [6, 6.07) is 9.57. The van der Waals surface area contributed by atoms with Crippen molar-refractivity contribution in [2.24, 2.45) is 0 Å². The number of anilines is 2. The van der Waals surface area contributed by atoms with Crippen LogP contribution in [0.25, 0.3) is 0 Å². The zero-order chi connectivity index (χ0) is 16.2. The lowest BCUT2D eigenvalue weighted by Crippen LogP contribution is -2.30. The van der Waals surface area contributed by atoms with Gasteiger partial charge in [-0.15, -0.1) is 10.2 Å². The van der Waals surface area contributed by atoms with Crippen LogP contribution in [0.15, 0.2) is 30.3 Å². The minimum absolute atomic E-state index is 0.227. The van der Waals surface area contributed by atoms with Crippen molar-refractivity contribution in [3.8, 4) is 0 Å². The van der Waals surface area contributed by atoms with E-state index >= 15 is 0 Å². The van der Waals surface area contributed by atoms with E-state index in [0.29, 0.717) is 5.69 Å². The zero-order valence-corrected chi connectivity index (χ0v) is 13.7. The molecular formula is C18H22N4O. The molecule has 1 amide bonds. The number of carbonyl (C=O) groups is 1. The Bertz CT molecular complexity index is 691. The molecule has 5 nitrogen and oxygen atoms in total. The summed E-state index contributed by atoms with van der Waals surface area (Å²) in [5.41, 5.74) is 3.36. The van der Waals surface area contributed by atoms with Gasteiger partial charge in [-0.2, -0.15) is 0 Å². The van der Waals surface area contributed by atoms with Crippen molar-refractivity contribution in [3.05, 3.63) is 47.2 Å². The third-order valence-corrected chi connectivity index (χ3v) is 4.19. The Morgan fingerprint density at radius 2 is 1.83 bits per heavy atom. The number of nitrogens with one attached hydrogen (secondary N) is 1. The molecule has 0 bridgehead atoms. The summed E-state index contributed by atoms with van der Waals surface area (Å²) in [4.78, 5) is 14.5. The Morgan fingerprint density at radius 1 is 1.04 bits per heavy atom. The van der Waals surface area contributed by atoms with E-state index in [-0.39, 0.29) is 5.91 Å². The lowest BCUT2D eigenvalue weighted by molar-refractivity contribution is 0.102. The van der Waals surface area contributed by atoms with Gasteiger partial charge in [0.05, 0.1) is 0 Å². The molecule has 1 N–H and O–H groups in total. The predicted octanol–water partition coefficient (Wildman–Crippen LogP) is 3.34. The number of carbonyl (C=O) groups excluding carboxylic acids is 1. The first-order valence-corrected chi connectivity index (χ1v) is 8.11. The fourth-order valence-electron chi connectivity index (χ4n) is 2.88. The molecule has 1 saturated heterocycles. The number of aromatic nitrogens is 2. The van der Waals surface area contributed by atoms with Crippen LogP contribution in [0, 0.1) is 13.8 Å². The van der Waals surface area contributed by atoms with E-state index in [1.165, 1.54) is 24.8 Å². The number of hydrogen-bond acceptors (Lipinski definition) is 4. The largest absolute Gasteiger partial charge is 0.355 e. The van der Waals surface area contributed by atoms with E-state index < -0.39 is 0 Å². The highest BCUT2D eigenvalue weighted by molar-refractivity contribution is 6.03. The van der Waals surface area contributed by atoms with E-state index in [1.807, 2.05) is 38.1 Å². The van der Waals surface area contributed by atoms with Crippen LogP contribution in [0.1, 0.15) is 40.9 Å². The number of piperidine rings is 1. The van der Waals surface area contributed by atoms with Crippen LogP contribution in [-0.4, -0.2) is 29.2 Å². The van der Waals surface area contributed by atoms with Crippen molar-refractivity contribution in [1.29, 1.82) is 0 Å². The molecule has 2 heterocycles. The summed E-state index contributed by atoms with van der Waals surface area (Å²) in [6.07, 6.45) is 3.66. The molecule has 1 aliphatic heterocycles. The lowest BCUT2D eigenvalue weighted by atomic mass is 10.1. The summed E-state index contributed by atoms with van der Waals surface area (Å²) in [7, 11) is 0. The maximum absolute atomic E-state index is 12.3. The minimum atomic E-state index is -0.227. The molecule has 3 rings (SSSR count). The van der Waals surface area contributed by atoms with Crippen LogP contribution >= 0.6 is 0 Å². The second kappa shape index (κ2) is 6.77. The highest BCUT2D eigenvalue weighted by Gasteiger charge is 2.14. The molecule has 5 heteroatoms. The average Bonchev–Trinajstić information content (AvgIpc) is 2.58. The molecule has 0 atom stereocenters. The van der Waals surface area contributed by atoms with Gasteiger partial charge < -0.3 is 10.2 Å². The maximum Gasteiger partial charge on any atom is 0.276 e. The first-order chi connectivity index (χ1) is 11.1. The van der Waals surface area contributed by atoms with Gasteiger partial charge in [-0.1, -0.05) is 17.7 Å². The maximum atomic E-state index is 12.3. The summed E-state index contributed by atoms with van der Waals surface area (Å²) in [5.74, 6) is 0.627. The number of amides is 1. The lowest BCUT2D eigenvalue weighted by Gasteiger charge is -2.27. The molecule has 1 aliphatic rings. The van der Waals surface area contributed by atoms with E-state index in [9.17, 15) is 4.79 Å². The SMILES string of the molecule is Cc1ccc(NC(=O)c2ccc(N3CCCCC3)nn2)c(C)c1. The normalized spacial score (nSPS) is 14.6. The van der Waals surface area contributed by atoms with Gasteiger partial charge >= 0.3 is 0 Å². The predicted molar refractivity (Wildman–Crippen MR) is 92.0 cm³/mol. The summed E-state index contributed by atoms with van der Waals surface area (Å²) < 4.78 is 0. The fraction of sp³-hybridized carbons (Fsp3) is 0.389. The zero-order valence-electron chi connectivity index (χ0n) is 13.7. The highest BCUT2D eigenvalue weighted by atomic mass is 16.1. The monoisotopic (exact) mass is 310 g/mol. The second-order valence-electron chi connectivity index (χ2n) is 6.10. The van der Waals surface area contributed by atoms with E-state index in [4.69, 9.17) is 0 Å². The number of aryl methyl sites for hydroxylation is 2. The third kappa shape index (κ3) is 3.67. The summed E-state index contributed by atoms with van der Waals surface area (Å²) in [5, 5.41) is 11.2. The second-order valence-corrected chi connectivity index (χ2v) is 6.10. The molecule has 1 fully saturated rings. The minimum Gasteiger partial charge on any atom is -0.355 e. The fourth-order valence-corrected chi connectivity index (χ4v) is 2.88. The van der Waals surface area contributed by atoms with Crippen molar-refractivity contribution in [1.82, 2.24) is 10.2 Å². The first-order valence-electron chi connectivity index (χ1n) is 8.11. The molecule has 0 saturated carbocycles. The molecule has 2 aromatic rings. The third-order valence-electron chi connectivity index (χ3n) is 4.19. The van der Waals surface area contributed by atoms with E-state index in [0.717, 1.165) is 30.2 Å². The molecule has 1 aromatic carbocycles. The van der Waals surface area contributed by atoms with Crippen molar-refractivity contribution in [2.75, 3.05) is 23.3 Å². The average molecular weight is 310 g/mol. The Morgan fingerprint density at radius 3 is 2.48 bits per heavy atom. The Balaban J connectivity index is 1.69. The van der Waals surface area contributed by atoms with E-state index in [1.54, 1.807) is 6.07 Å². The molecule has 120 valence electrons. The topological polar surface area (TPSA) is 58.1 Å². The number of rotatable bonds is 3. The first kappa shape index (κ1) is 15.5. The van der Waals surface area contributed by atoms with Crippen LogP contribution in [0.4, 0.5) is 11.5 Å². The highest BCUT2D eigenvalue weighted by Crippen LogP contribution is 2.18. The van der Waals surface area contributed by atoms with Crippen molar-refractivity contribution in [2.45, 2.75) is 33.1 Å². The molecule has 0 radical (unpaired) electrons. The van der Waals surface area contributed by atoms with Gasteiger partial charge in [0.1, 0.15) is 0 Å². The molecule has 23 heavy (non-hydrogen) atoms. The van der Waals surface area contributed by atoms with Gasteiger partial charge in [0, 0.05) is 18.8 Å². The number of benzene rings is 1. The van der Waals surface area contributed by atoms with Gasteiger partial charge in [0.15, 0.2) is 11.5 Å². The number of hydrogen-bond donors (Lipinski definition) is 1. The van der Waals surface area contributed by atoms with Crippen LogP contribution in [0.2, 0.25) is 0 Å². The Hall–Kier alpha value is -2.43. The molecular weight excluding hydrogens is 288 g/mol. The molecule has 0 unspecified atom stereocenters. The van der Waals surface area contributed by atoms with Gasteiger partial charge in [-0.05, 0) is 56.9 Å². The summed E-state index contributed by atoms with van der Waals surface area (Å²) >= 11 is 0. The molecule has 0 aliphatic carbocycles. The standard InChI is InChI=1S/C18H22N4O/c1-13-6-7-15(14(2)12-13)19-18(23)16-8-9-17(21-20-16)22-10-4-3-5-11-22/h6-9,12H,3-5,10-11H2,1-2H3,(H,19,23).